The van der Waals surface area contributed by atoms with Crippen LogP contribution in [0.15, 0.2) is 11.0 Å². The first-order chi connectivity index (χ1) is 9.20. The molecule has 1 aromatic rings. The maximum atomic E-state index is 12.3. The number of rotatable bonds is 5. The van der Waals surface area contributed by atoms with E-state index in [9.17, 15) is 9.59 Å². The Morgan fingerprint density at radius 3 is 2.74 bits per heavy atom. The summed E-state index contributed by atoms with van der Waals surface area (Å²) in [5.74, 6) is 0.473. The molecule has 2 rings (SSSR count). The number of carbonyl (C=O) groups excluding carboxylic acids is 1. The molecule has 0 atom stereocenters. The minimum Gasteiger partial charge on any atom is -0.337 e. The predicted octanol–water partition coefficient (Wildman–Crippen LogP) is 0.555. The first kappa shape index (κ1) is 13.9. The van der Waals surface area contributed by atoms with Crippen LogP contribution in [0, 0.1) is 5.92 Å². The maximum absolute atomic E-state index is 12.3. The number of aromatic amines is 2. The lowest BCUT2D eigenvalue weighted by Gasteiger charge is -2.29. The van der Waals surface area contributed by atoms with Gasteiger partial charge in [0.25, 0.3) is 5.91 Å². The number of carbonyl (C=O) groups is 1. The van der Waals surface area contributed by atoms with Crippen LogP contribution in [0.2, 0.25) is 0 Å². The molecule has 1 aliphatic heterocycles. The van der Waals surface area contributed by atoms with Gasteiger partial charge in [-0.05, 0) is 38.3 Å². The summed E-state index contributed by atoms with van der Waals surface area (Å²) in [6, 6.07) is 0. The molecule has 0 bridgehead atoms. The van der Waals surface area contributed by atoms with Crippen LogP contribution in [0.3, 0.4) is 0 Å². The SMILES string of the molecule is CCCN(CC1CCNCC1)C(=O)c1c[nH]c(=O)[nH]1. The van der Waals surface area contributed by atoms with Gasteiger partial charge in [0.1, 0.15) is 5.69 Å². The first-order valence-electron chi connectivity index (χ1n) is 6.98. The van der Waals surface area contributed by atoms with E-state index in [1.165, 1.54) is 6.20 Å². The highest BCUT2D eigenvalue weighted by Crippen LogP contribution is 2.15. The molecule has 1 saturated heterocycles. The quantitative estimate of drug-likeness (QED) is 0.728. The largest absolute Gasteiger partial charge is 0.337 e. The van der Waals surface area contributed by atoms with E-state index in [0.29, 0.717) is 11.6 Å². The van der Waals surface area contributed by atoms with Crippen molar-refractivity contribution < 1.29 is 4.79 Å². The fraction of sp³-hybridized carbons (Fsp3) is 0.692. The highest BCUT2D eigenvalue weighted by Gasteiger charge is 2.22. The van der Waals surface area contributed by atoms with Crippen molar-refractivity contribution in [3.05, 3.63) is 22.4 Å². The second-order valence-corrected chi connectivity index (χ2v) is 5.10. The molecule has 0 spiro atoms. The molecular weight excluding hydrogens is 244 g/mol. The van der Waals surface area contributed by atoms with Crippen LogP contribution in [-0.4, -0.2) is 47.0 Å². The van der Waals surface area contributed by atoms with E-state index in [1.807, 2.05) is 4.90 Å². The summed E-state index contributed by atoms with van der Waals surface area (Å²) in [5.41, 5.74) is 0.0223. The van der Waals surface area contributed by atoms with Gasteiger partial charge < -0.3 is 20.2 Å². The van der Waals surface area contributed by atoms with Gasteiger partial charge in [-0.3, -0.25) is 4.79 Å². The normalized spacial score (nSPS) is 16.5. The minimum absolute atomic E-state index is 0.0845. The number of amides is 1. The van der Waals surface area contributed by atoms with Gasteiger partial charge in [0.05, 0.1) is 0 Å². The van der Waals surface area contributed by atoms with Gasteiger partial charge in [0.2, 0.25) is 0 Å². The first-order valence-corrected chi connectivity index (χ1v) is 6.98. The van der Waals surface area contributed by atoms with Crippen LogP contribution < -0.4 is 11.0 Å². The molecule has 1 aliphatic rings. The Kier molecular flexibility index (Phi) is 4.79. The number of nitrogens with one attached hydrogen (secondary N) is 3. The molecular formula is C13H22N4O2. The Balaban J connectivity index is 2.01. The molecule has 2 heterocycles. The third kappa shape index (κ3) is 3.70. The Morgan fingerprint density at radius 1 is 1.42 bits per heavy atom. The number of hydrogen-bond donors (Lipinski definition) is 3. The second-order valence-electron chi connectivity index (χ2n) is 5.10. The van der Waals surface area contributed by atoms with E-state index < -0.39 is 0 Å². The van der Waals surface area contributed by atoms with E-state index in [0.717, 1.165) is 45.4 Å². The standard InChI is InChI=1S/C13H22N4O2/c1-2-7-17(9-10-3-5-14-6-4-10)12(18)11-8-15-13(19)16-11/h8,10,14H,2-7,9H2,1H3,(H2,15,16,19). The van der Waals surface area contributed by atoms with Crippen LogP contribution in [0.25, 0.3) is 0 Å². The molecule has 0 unspecified atom stereocenters. The van der Waals surface area contributed by atoms with Gasteiger partial charge in [0.15, 0.2) is 0 Å². The van der Waals surface area contributed by atoms with Gasteiger partial charge in [-0.25, -0.2) is 4.79 Å². The van der Waals surface area contributed by atoms with Gasteiger partial charge >= 0.3 is 5.69 Å². The zero-order valence-corrected chi connectivity index (χ0v) is 11.4. The number of hydrogen-bond acceptors (Lipinski definition) is 3. The van der Waals surface area contributed by atoms with E-state index in [-0.39, 0.29) is 11.6 Å². The summed E-state index contributed by atoms with van der Waals surface area (Å²) in [6.45, 7) is 5.62. The van der Waals surface area contributed by atoms with Gasteiger partial charge in [-0.15, -0.1) is 0 Å². The Bertz CT molecular complexity index is 459. The van der Waals surface area contributed by atoms with Crippen molar-refractivity contribution in [1.82, 2.24) is 20.2 Å². The second kappa shape index (κ2) is 6.56. The highest BCUT2D eigenvalue weighted by molar-refractivity contribution is 5.92. The van der Waals surface area contributed by atoms with Crippen LogP contribution in [0.4, 0.5) is 0 Å². The van der Waals surface area contributed by atoms with Crippen molar-refractivity contribution >= 4 is 5.91 Å². The predicted molar refractivity (Wildman–Crippen MR) is 73.2 cm³/mol. The molecule has 19 heavy (non-hydrogen) atoms. The third-order valence-electron chi connectivity index (χ3n) is 3.54. The zero-order chi connectivity index (χ0) is 13.7. The Hall–Kier alpha value is -1.56. The topological polar surface area (TPSA) is 81.0 Å². The molecule has 1 fully saturated rings. The van der Waals surface area contributed by atoms with Crippen LogP contribution in [-0.2, 0) is 0 Å². The minimum atomic E-state index is -0.332. The summed E-state index contributed by atoms with van der Waals surface area (Å²) in [7, 11) is 0. The molecule has 1 aromatic heterocycles. The maximum Gasteiger partial charge on any atom is 0.323 e. The highest BCUT2D eigenvalue weighted by atomic mass is 16.2. The number of aromatic nitrogens is 2. The van der Waals surface area contributed by atoms with Crippen LogP contribution in [0.5, 0.6) is 0 Å². The van der Waals surface area contributed by atoms with Crippen molar-refractivity contribution in [2.24, 2.45) is 5.92 Å². The van der Waals surface area contributed by atoms with Crippen LogP contribution in [0.1, 0.15) is 36.7 Å². The fourth-order valence-electron chi connectivity index (χ4n) is 2.54. The average Bonchev–Trinajstić information content (AvgIpc) is 2.85. The van der Waals surface area contributed by atoms with E-state index in [2.05, 4.69) is 22.2 Å². The number of H-pyrrole nitrogens is 2. The molecule has 6 nitrogen and oxygen atoms in total. The summed E-state index contributed by atoms with van der Waals surface area (Å²) in [6.07, 6.45) is 4.59. The lowest BCUT2D eigenvalue weighted by molar-refractivity contribution is 0.0711. The Labute approximate surface area is 112 Å². The molecule has 0 aromatic carbocycles. The van der Waals surface area contributed by atoms with E-state index in [1.54, 1.807) is 0 Å². The molecule has 3 N–H and O–H groups in total. The summed E-state index contributed by atoms with van der Waals surface area (Å²) in [5, 5.41) is 3.33. The molecule has 1 amide bonds. The number of imidazole rings is 1. The molecule has 106 valence electrons. The summed E-state index contributed by atoms with van der Waals surface area (Å²) >= 11 is 0. The number of piperidine rings is 1. The third-order valence-corrected chi connectivity index (χ3v) is 3.54. The molecule has 0 saturated carbocycles. The van der Waals surface area contributed by atoms with E-state index in [4.69, 9.17) is 0 Å². The lowest BCUT2D eigenvalue weighted by Crippen LogP contribution is -2.40. The van der Waals surface area contributed by atoms with Gasteiger partial charge in [-0.2, -0.15) is 0 Å². The smallest absolute Gasteiger partial charge is 0.323 e. The monoisotopic (exact) mass is 266 g/mol. The molecule has 6 heteroatoms. The lowest BCUT2D eigenvalue weighted by atomic mass is 9.97. The molecule has 0 aliphatic carbocycles. The van der Waals surface area contributed by atoms with Crippen molar-refractivity contribution in [3.8, 4) is 0 Å². The van der Waals surface area contributed by atoms with Gasteiger partial charge in [-0.1, -0.05) is 6.92 Å². The number of nitrogens with zero attached hydrogens (tertiary/aromatic N) is 1. The average molecular weight is 266 g/mol. The van der Waals surface area contributed by atoms with Crippen molar-refractivity contribution in [3.63, 3.8) is 0 Å². The van der Waals surface area contributed by atoms with Gasteiger partial charge in [0, 0.05) is 19.3 Å². The van der Waals surface area contributed by atoms with Crippen molar-refractivity contribution in [2.75, 3.05) is 26.2 Å². The van der Waals surface area contributed by atoms with Crippen LogP contribution >= 0.6 is 0 Å². The van der Waals surface area contributed by atoms with Crippen molar-refractivity contribution in [2.45, 2.75) is 26.2 Å². The fourth-order valence-corrected chi connectivity index (χ4v) is 2.54. The summed E-state index contributed by atoms with van der Waals surface area (Å²) < 4.78 is 0. The Morgan fingerprint density at radius 2 is 2.16 bits per heavy atom. The van der Waals surface area contributed by atoms with Crippen molar-refractivity contribution in [1.29, 1.82) is 0 Å². The summed E-state index contributed by atoms with van der Waals surface area (Å²) in [4.78, 5) is 30.3. The molecule has 0 radical (unpaired) electrons. The zero-order valence-electron chi connectivity index (χ0n) is 11.4. The van der Waals surface area contributed by atoms with E-state index >= 15 is 0 Å².